The summed E-state index contributed by atoms with van der Waals surface area (Å²) in [5, 5.41) is 6.30. The summed E-state index contributed by atoms with van der Waals surface area (Å²) >= 11 is 0. The number of anilines is 3. The molecule has 3 N–H and O–H groups in total. The molecule has 2 heterocycles. The number of imidazole rings is 1. The van der Waals surface area contributed by atoms with Crippen LogP contribution in [0.3, 0.4) is 0 Å². The van der Waals surface area contributed by atoms with Crippen LogP contribution in [0.15, 0.2) is 41.6 Å². The molecule has 0 amide bonds. The summed E-state index contributed by atoms with van der Waals surface area (Å²) < 4.78 is 28.8. The zero-order valence-electron chi connectivity index (χ0n) is 16.9. The standard InChI is InChI=1S/C19H25N7O2S/c1-13-5-7-16(8-6-13)24-17-11-14(2)22-19(25-17)20-9-10-21-29(27,28)18-12-26(4)15(3)23-18/h5-8,11-12,21H,9-10H2,1-4H3,(H2,20,22,24,25). The van der Waals surface area contributed by atoms with E-state index in [-0.39, 0.29) is 11.6 Å². The van der Waals surface area contributed by atoms with Gasteiger partial charge >= 0.3 is 0 Å². The van der Waals surface area contributed by atoms with Crippen molar-refractivity contribution in [3.8, 4) is 0 Å². The molecule has 0 saturated heterocycles. The van der Waals surface area contributed by atoms with Gasteiger partial charge in [-0.1, -0.05) is 17.7 Å². The third kappa shape index (κ3) is 5.52. The summed E-state index contributed by atoms with van der Waals surface area (Å²) in [5.74, 6) is 1.71. The molecule has 0 unspecified atom stereocenters. The Balaban J connectivity index is 1.57. The SMILES string of the molecule is Cc1ccc(Nc2cc(C)nc(NCCNS(=O)(=O)c3cn(C)c(C)n3)n2)cc1. The van der Waals surface area contributed by atoms with Crippen LogP contribution in [0.1, 0.15) is 17.1 Å². The lowest BCUT2D eigenvalue weighted by Gasteiger charge is -2.10. The molecule has 0 spiro atoms. The third-order valence-corrected chi connectivity index (χ3v) is 5.57. The molecule has 0 bridgehead atoms. The van der Waals surface area contributed by atoms with Crippen molar-refractivity contribution in [2.24, 2.45) is 7.05 Å². The van der Waals surface area contributed by atoms with Gasteiger partial charge in [-0.3, -0.25) is 0 Å². The number of nitrogens with zero attached hydrogens (tertiary/aromatic N) is 4. The van der Waals surface area contributed by atoms with Crippen LogP contribution in [-0.4, -0.2) is 41.0 Å². The average molecular weight is 416 g/mol. The minimum Gasteiger partial charge on any atom is -0.353 e. The van der Waals surface area contributed by atoms with Gasteiger partial charge < -0.3 is 15.2 Å². The fourth-order valence-electron chi connectivity index (χ4n) is 2.59. The molecule has 0 aliphatic heterocycles. The highest BCUT2D eigenvalue weighted by Crippen LogP contribution is 2.17. The molecule has 0 radical (unpaired) electrons. The molecule has 0 aliphatic carbocycles. The van der Waals surface area contributed by atoms with Crippen molar-refractivity contribution >= 4 is 27.5 Å². The lowest BCUT2D eigenvalue weighted by molar-refractivity contribution is 0.579. The van der Waals surface area contributed by atoms with Crippen LogP contribution in [0, 0.1) is 20.8 Å². The number of sulfonamides is 1. The minimum absolute atomic E-state index is 0.00823. The molecule has 1 aromatic carbocycles. The summed E-state index contributed by atoms with van der Waals surface area (Å²) in [6.07, 6.45) is 1.48. The molecule has 3 rings (SSSR count). The number of aryl methyl sites for hydroxylation is 4. The molecule has 0 aliphatic rings. The molecule has 9 nitrogen and oxygen atoms in total. The zero-order chi connectivity index (χ0) is 21.0. The fourth-order valence-corrected chi connectivity index (χ4v) is 3.65. The van der Waals surface area contributed by atoms with E-state index in [1.54, 1.807) is 18.5 Å². The Labute approximate surface area is 170 Å². The lowest BCUT2D eigenvalue weighted by Crippen LogP contribution is -2.29. The van der Waals surface area contributed by atoms with Gasteiger partial charge in [-0.2, -0.15) is 4.98 Å². The first-order chi connectivity index (χ1) is 13.7. The van der Waals surface area contributed by atoms with Crippen LogP contribution in [0.2, 0.25) is 0 Å². The van der Waals surface area contributed by atoms with E-state index in [0.717, 1.165) is 11.4 Å². The van der Waals surface area contributed by atoms with Gasteiger partial charge in [-0.05, 0) is 32.9 Å². The summed E-state index contributed by atoms with van der Waals surface area (Å²) in [7, 11) is -1.90. The van der Waals surface area contributed by atoms with Gasteiger partial charge in [0, 0.05) is 43.8 Å². The second-order valence-corrected chi connectivity index (χ2v) is 8.48. The van der Waals surface area contributed by atoms with E-state index in [2.05, 4.69) is 30.3 Å². The Kier molecular flexibility index (Phi) is 6.14. The topological polar surface area (TPSA) is 114 Å². The van der Waals surface area contributed by atoms with Gasteiger partial charge in [0.05, 0.1) is 0 Å². The zero-order valence-corrected chi connectivity index (χ0v) is 17.7. The minimum atomic E-state index is -3.65. The summed E-state index contributed by atoms with van der Waals surface area (Å²) in [6.45, 7) is 6.16. The van der Waals surface area contributed by atoms with Crippen molar-refractivity contribution in [2.75, 3.05) is 23.7 Å². The highest BCUT2D eigenvalue weighted by Gasteiger charge is 2.17. The van der Waals surface area contributed by atoms with Gasteiger partial charge in [0.25, 0.3) is 10.0 Å². The molecule has 154 valence electrons. The molecule has 0 atom stereocenters. The maximum atomic E-state index is 12.3. The van der Waals surface area contributed by atoms with Crippen molar-refractivity contribution in [1.82, 2.24) is 24.2 Å². The van der Waals surface area contributed by atoms with E-state index >= 15 is 0 Å². The van der Waals surface area contributed by atoms with Crippen molar-refractivity contribution in [1.29, 1.82) is 0 Å². The van der Waals surface area contributed by atoms with E-state index in [0.29, 0.717) is 24.1 Å². The quantitative estimate of drug-likeness (QED) is 0.484. The smallest absolute Gasteiger partial charge is 0.259 e. The first-order valence-electron chi connectivity index (χ1n) is 9.16. The Hall–Kier alpha value is -2.98. The molecule has 2 aromatic heterocycles. The normalized spacial score (nSPS) is 11.4. The number of benzene rings is 1. The van der Waals surface area contributed by atoms with Crippen LogP contribution in [0.25, 0.3) is 0 Å². The Bertz CT molecular complexity index is 1070. The van der Waals surface area contributed by atoms with Crippen LogP contribution < -0.4 is 15.4 Å². The highest BCUT2D eigenvalue weighted by molar-refractivity contribution is 7.89. The van der Waals surface area contributed by atoms with Gasteiger partial charge in [0.1, 0.15) is 11.6 Å². The second kappa shape index (κ2) is 8.58. The molecule has 10 heteroatoms. The number of aromatic nitrogens is 4. The molecular weight excluding hydrogens is 390 g/mol. The Morgan fingerprint density at radius 3 is 2.38 bits per heavy atom. The second-order valence-electron chi connectivity index (χ2n) is 6.77. The maximum Gasteiger partial charge on any atom is 0.259 e. The predicted octanol–water partition coefficient (Wildman–Crippen LogP) is 2.27. The van der Waals surface area contributed by atoms with E-state index in [1.807, 2.05) is 44.2 Å². The fraction of sp³-hybridized carbons (Fsp3) is 0.316. The summed E-state index contributed by atoms with van der Waals surface area (Å²) in [4.78, 5) is 12.8. The molecule has 29 heavy (non-hydrogen) atoms. The first kappa shape index (κ1) is 20.7. The predicted molar refractivity (Wildman–Crippen MR) is 113 cm³/mol. The number of nitrogens with one attached hydrogen (secondary N) is 3. The summed E-state index contributed by atoms with van der Waals surface area (Å²) in [6, 6.07) is 9.84. The van der Waals surface area contributed by atoms with Crippen LogP contribution in [0.4, 0.5) is 17.5 Å². The van der Waals surface area contributed by atoms with Crippen molar-refractivity contribution in [3.05, 3.63) is 53.6 Å². The lowest BCUT2D eigenvalue weighted by atomic mass is 10.2. The van der Waals surface area contributed by atoms with E-state index in [4.69, 9.17) is 0 Å². The first-order valence-corrected chi connectivity index (χ1v) is 10.6. The Morgan fingerprint density at radius 1 is 1.00 bits per heavy atom. The molecule has 0 fully saturated rings. The average Bonchev–Trinajstić information content (AvgIpc) is 3.00. The van der Waals surface area contributed by atoms with E-state index < -0.39 is 10.0 Å². The molecule has 0 saturated carbocycles. The van der Waals surface area contributed by atoms with Crippen molar-refractivity contribution < 1.29 is 8.42 Å². The van der Waals surface area contributed by atoms with Gasteiger partial charge in [-0.15, -0.1) is 0 Å². The van der Waals surface area contributed by atoms with Crippen LogP contribution in [0.5, 0.6) is 0 Å². The Morgan fingerprint density at radius 2 is 1.72 bits per heavy atom. The van der Waals surface area contributed by atoms with Crippen molar-refractivity contribution in [3.63, 3.8) is 0 Å². The van der Waals surface area contributed by atoms with Crippen molar-refractivity contribution in [2.45, 2.75) is 25.8 Å². The number of hydrogen-bond donors (Lipinski definition) is 3. The maximum absolute atomic E-state index is 12.3. The van der Waals surface area contributed by atoms with E-state index in [9.17, 15) is 8.42 Å². The monoisotopic (exact) mass is 415 g/mol. The van der Waals surface area contributed by atoms with Crippen LogP contribution in [-0.2, 0) is 17.1 Å². The van der Waals surface area contributed by atoms with Gasteiger partial charge in [0.2, 0.25) is 5.95 Å². The van der Waals surface area contributed by atoms with Gasteiger partial charge in [0.15, 0.2) is 5.03 Å². The summed E-state index contributed by atoms with van der Waals surface area (Å²) in [5.41, 5.74) is 2.90. The molecular formula is C19H25N7O2S. The number of hydrogen-bond acceptors (Lipinski definition) is 7. The highest BCUT2D eigenvalue weighted by atomic mass is 32.2. The van der Waals surface area contributed by atoms with Crippen LogP contribution >= 0.6 is 0 Å². The molecule has 3 aromatic rings. The van der Waals surface area contributed by atoms with Gasteiger partial charge in [-0.25, -0.2) is 23.1 Å². The van der Waals surface area contributed by atoms with E-state index in [1.165, 1.54) is 11.8 Å². The third-order valence-electron chi connectivity index (χ3n) is 4.24. The number of rotatable bonds is 8. The largest absolute Gasteiger partial charge is 0.353 e.